The summed E-state index contributed by atoms with van der Waals surface area (Å²) >= 11 is 0. The second-order valence-corrected chi connectivity index (χ2v) is 3.43. The molecular weight excluding hydrogens is 174 g/mol. The molecule has 0 radical (unpaired) electrons. The molecule has 78 valence electrons. The first-order chi connectivity index (χ1) is 6.13. The maximum Gasteiger partial charge on any atom is 0.0991 e. The molecule has 1 aliphatic rings. The minimum atomic E-state index is -0.924. The molecule has 0 spiro atoms. The van der Waals surface area contributed by atoms with Gasteiger partial charge in [-0.3, -0.25) is 4.90 Å². The number of hydrogen-bond acceptors (Lipinski definition) is 5. The van der Waals surface area contributed by atoms with Crippen molar-refractivity contribution < 1.29 is 20.4 Å². The normalized spacial score (nSPS) is 41.3. The lowest BCUT2D eigenvalue weighted by Crippen LogP contribution is -2.42. The van der Waals surface area contributed by atoms with Crippen LogP contribution in [0.1, 0.15) is 6.92 Å². The van der Waals surface area contributed by atoms with E-state index in [4.69, 9.17) is 10.2 Å². The van der Waals surface area contributed by atoms with Gasteiger partial charge in [0.05, 0.1) is 31.5 Å². The highest BCUT2D eigenvalue weighted by Gasteiger charge is 2.44. The number of rotatable bonds is 3. The first-order valence-electron chi connectivity index (χ1n) is 4.47. The standard InChI is InChI=1S/C8H17NO4/c1-5-7(12)8(13)6(4-11)9(5)2-3-10/h5-8,10-13H,2-4H2,1H3/t5-,6-,7-,8-/m1/s1. The molecule has 4 atom stereocenters. The molecule has 0 aromatic heterocycles. The van der Waals surface area contributed by atoms with Crippen LogP contribution in [0, 0.1) is 0 Å². The Hall–Kier alpha value is -0.200. The lowest BCUT2D eigenvalue weighted by atomic mass is 10.1. The molecule has 0 aromatic rings. The molecule has 0 aromatic carbocycles. The largest absolute Gasteiger partial charge is 0.395 e. The summed E-state index contributed by atoms with van der Waals surface area (Å²) in [5.41, 5.74) is 0. The third-order valence-corrected chi connectivity index (χ3v) is 2.73. The summed E-state index contributed by atoms with van der Waals surface area (Å²) in [5.74, 6) is 0. The van der Waals surface area contributed by atoms with Crippen LogP contribution in [-0.2, 0) is 0 Å². The van der Waals surface area contributed by atoms with E-state index in [0.717, 1.165) is 0 Å². The average molecular weight is 191 g/mol. The smallest absolute Gasteiger partial charge is 0.0991 e. The van der Waals surface area contributed by atoms with Gasteiger partial charge in [-0.2, -0.15) is 0 Å². The lowest BCUT2D eigenvalue weighted by Gasteiger charge is -2.26. The highest BCUT2D eigenvalue weighted by molar-refractivity contribution is 4.98. The Morgan fingerprint density at radius 1 is 1.15 bits per heavy atom. The molecule has 0 bridgehead atoms. The highest BCUT2D eigenvalue weighted by Crippen LogP contribution is 2.24. The number of aliphatic hydroxyl groups is 4. The molecule has 13 heavy (non-hydrogen) atoms. The van der Waals surface area contributed by atoms with Crippen LogP contribution >= 0.6 is 0 Å². The van der Waals surface area contributed by atoms with Gasteiger partial charge in [-0.25, -0.2) is 0 Å². The van der Waals surface area contributed by atoms with Crippen molar-refractivity contribution in [3.8, 4) is 0 Å². The predicted molar refractivity (Wildman–Crippen MR) is 46.1 cm³/mol. The van der Waals surface area contributed by atoms with Gasteiger partial charge in [0.2, 0.25) is 0 Å². The van der Waals surface area contributed by atoms with Gasteiger partial charge in [0, 0.05) is 12.6 Å². The van der Waals surface area contributed by atoms with Gasteiger partial charge in [-0.15, -0.1) is 0 Å². The second-order valence-electron chi connectivity index (χ2n) is 3.43. The van der Waals surface area contributed by atoms with Crippen molar-refractivity contribution in [2.45, 2.75) is 31.2 Å². The average Bonchev–Trinajstić information content (AvgIpc) is 2.32. The fraction of sp³-hybridized carbons (Fsp3) is 1.00. The first-order valence-corrected chi connectivity index (χ1v) is 4.47. The zero-order valence-corrected chi connectivity index (χ0v) is 7.67. The molecule has 0 unspecified atom stereocenters. The Morgan fingerprint density at radius 3 is 2.23 bits per heavy atom. The highest BCUT2D eigenvalue weighted by atomic mass is 16.3. The minimum Gasteiger partial charge on any atom is -0.395 e. The van der Waals surface area contributed by atoms with Crippen molar-refractivity contribution in [3.05, 3.63) is 0 Å². The summed E-state index contributed by atoms with van der Waals surface area (Å²) in [7, 11) is 0. The van der Waals surface area contributed by atoms with Crippen LogP contribution in [-0.4, -0.2) is 69.4 Å². The van der Waals surface area contributed by atoms with Crippen LogP contribution in [0.4, 0.5) is 0 Å². The third kappa shape index (κ3) is 1.84. The molecule has 5 nitrogen and oxygen atoms in total. The van der Waals surface area contributed by atoms with Crippen molar-refractivity contribution in [2.75, 3.05) is 19.8 Å². The molecule has 0 amide bonds. The number of aliphatic hydroxyl groups excluding tert-OH is 4. The van der Waals surface area contributed by atoms with Crippen molar-refractivity contribution in [3.63, 3.8) is 0 Å². The Bertz CT molecular complexity index is 166. The number of β-amino-alcohol motifs (C(OH)–C–C–N with tert-alkyl or cyclic N) is 1. The predicted octanol–water partition coefficient (Wildman–Crippen LogP) is -2.23. The van der Waals surface area contributed by atoms with Gasteiger partial charge in [-0.05, 0) is 6.92 Å². The van der Waals surface area contributed by atoms with Crippen molar-refractivity contribution >= 4 is 0 Å². The summed E-state index contributed by atoms with van der Waals surface area (Å²) < 4.78 is 0. The maximum atomic E-state index is 9.49. The van der Waals surface area contributed by atoms with Crippen LogP contribution in [0.5, 0.6) is 0 Å². The topological polar surface area (TPSA) is 84.2 Å². The molecule has 1 fully saturated rings. The fourth-order valence-electron chi connectivity index (χ4n) is 1.91. The summed E-state index contributed by atoms with van der Waals surface area (Å²) in [4.78, 5) is 1.72. The number of hydrogen-bond donors (Lipinski definition) is 4. The molecule has 1 rings (SSSR count). The van der Waals surface area contributed by atoms with Gasteiger partial charge < -0.3 is 20.4 Å². The molecule has 5 heteroatoms. The van der Waals surface area contributed by atoms with E-state index in [2.05, 4.69) is 0 Å². The van der Waals surface area contributed by atoms with E-state index in [1.807, 2.05) is 0 Å². The molecule has 4 N–H and O–H groups in total. The van der Waals surface area contributed by atoms with Gasteiger partial charge in [0.1, 0.15) is 0 Å². The Morgan fingerprint density at radius 2 is 1.77 bits per heavy atom. The summed E-state index contributed by atoms with van der Waals surface area (Å²) in [6.45, 7) is 1.88. The lowest BCUT2D eigenvalue weighted by molar-refractivity contribution is 0.0183. The van der Waals surface area contributed by atoms with Crippen LogP contribution < -0.4 is 0 Å². The zero-order valence-electron chi connectivity index (χ0n) is 7.67. The molecule has 0 aliphatic carbocycles. The van der Waals surface area contributed by atoms with Crippen molar-refractivity contribution in [2.24, 2.45) is 0 Å². The van der Waals surface area contributed by atoms with Gasteiger partial charge in [0.15, 0.2) is 0 Å². The van der Waals surface area contributed by atoms with Crippen LogP contribution in [0.15, 0.2) is 0 Å². The second kappa shape index (κ2) is 4.34. The molecule has 1 saturated heterocycles. The van der Waals surface area contributed by atoms with Gasteiger partial charge >= 0.3 is 0 Å². The third-order valence-electron chi connectivity index (χ3n) is 2.73. The van der Waals surface area contributed by atoms with Crippen LogP contribution in [0.25, 0.3) is 0 Å². The minimum absolute atomic E-state index is 0.0414. The first kappa shape index (κ1) is 10.9. The van der Waals surface area contributed by atoms with Gasteiger partial charge in [0.25, 0.3) is 0 Å². The zero-order chi connectivity index (χ0) is 10.0. The Kier molecular flexibility index (Phi) is 3.63. The number of nitrogens with zero attached hydrogens (tertiary/aromatic N) is 1. The van der Waals surface area contributed by atoms with Crippen molar-refractivity contribution in [1.82, 2.24) is 4.90 Å². The van der Waals surface area contributed by atoms with Crippen molar-refractivity contribution in [1.29, 1.82) is 0 Å². The number of likely N-dealkylation sites (tertiary alicyclic amines) is 1. The van der Waals surface area contributed by atoms with E-state index in [0.29, 0.717) is 6.54 Å². The Labute approximate surface area is 77.2 Å². The monoisotopic (exact) mass is 191 g/mol. The molecular formula is C8H17NO4. The van der Waals surface area contributed by atoms with E-state index in [1.54, 1.807) is 11.8 Å². The quantitative estimate of drug-likeness (QED) is 0.405. The summed E-state index contributed by atoms with van der Waals surface area (Å²) in [6, 6.07) is -0.684. The van der Waals surface area contributed by atoms with E-state index >= 15 is 0 Å². The van der Waals surface area contributed by atoms with Gasteiger partial charge in [-0.1, -0.05) is 0 Å². The Balaban J connectivity index is 2.68. The molecule has 1 aliphatic heterocycles. The van der Waals surface area contributed by atoms with E-state index < -0.39 is 18.2 Å². The van der Waals surface area contributed by atoms with E-state index in [9.17, 15) is 10.2 Å². The van der Waals surface area contributed by atoms with Crippen LogP contribution in [0.3, 0.4) is 0 Å². The summed E-state index contributed by atoms with van der Waals surface area (Å²) in [6.07, 6.45) is -1.77. The molecule has 0 saturated carbocycles. The SMILES string of the molecule is C[C@@H]1[C@@H](O)[C@H](O)[C@@H](CO)N1CCO. The van der Waals surface area contributed by atoms with E-state index in [-0.39, 0.29) is 19.3 Å². The van der Waals surface area contributed by atoms with Crippen LogP contribution in [0.2, 0.25) is 0 Å². The van der Waals surface area contributed by atoms with E-state index in [1.165, 1.54) is 0 Å². The fourth-order valence-corrected chi connectivity index (χ4v) is 1.91. The molecule has 1 heterocycles. The maximum absolute atomic E-state index is 9.49. The summed E-state index contributed by atoms with van der Waals surface area (Å²) in [5, 5.41) is 36.7.